The molecule has 0 aromatic carbocycles. The molecule has 0 aromatic heterocycles. The van der Waals surface area contributed by atoms with Gasteiger partial charge < -0.3 is 9.47 Å². The predicted octanol–water partition coefficient (Wildman–Crippen LogP) is 2.09. The van der Waals surface area contributed by atoms with Gasteiger partial charge in [0.15, 0.2) is 6.10 Å². The first kappa shape index (κ1) is 12.9. The molecule has 1 atom stereocenters. The third kappa shape index (κ3) is 5.54. The van der Waals surface area contributed by atoms with Gasteiger partial charge in [-0.25, -0.2) is 4.79 Å². The Balaban J connectivity index is 4.05. The summed E-state index contributed by atoms with van der Waals surface area (Å²) in [6.45, 7) is 11.6. The van der Waals surface area contributed by atoms with Gasteiger partial charge in [0, 0.05) is 6.42 Å². The van der Waals surface area contributed by atoms with Gasteiger partial charge in [-0.05, 0) is 13.8 Å². The number of hydrogen-bond acceptors (Lipinski definition) is 3. The SMILES string of the molecule is C=CCC(OCC(=C)C)C(=O)OCC. The molecule has 0 aliphatic rings. The molecule has 0 fully saturated rings. The fourth-order valence-corrected chi connectivity index (χ4v) is 0.862. The normalized spacial score (nSPS) is 11.9. The van der Waals surface area contributed by atoms with E-state index in [9.17, 15) is 4.79 Å². The summed E-state index contributed by atoms with van der Waals surface area (Å²) in [4.78, 5) is 11.3. The molecule has 0 aromatic rings. The van der Waals surface area contributed by atoms with Crippen LogP contribution in [-0.2, 0) is 14.3 Å². The summed E-state index contributed by atoms with van der Waals surface area (Å²) < 4.78 is 10.2. The van der Waals surface area contributed by atoms with Crippen molar-refractivity contribution in [1.29, 1.82) is 0 Å². The fourth-order valence-electron chi connectivity index (χ4n) is 0.862. The van der Waals surface area contributed by atoms with Crippen LogP contribution in [0.2, 0.25) is 0 Å². The quantitative estimate of drug-likeness (QED) is 0.464. The van der Waals surface area contributed by atoms with E-state index >= 15 is 0 Å². The molecule has 0 amide bonds. The van der Waals surface area contributed by atoms with Crippen LogP contribution in [0.25, 0.3) is 0 Å². The van der Waals surface area contributed by atoms with E-state index in [-0.39, 0.29) is 5.97 Å². The van der Waals surface area contributed by atoms with E-state index in [0.29, 0.717) is 19.6 Å². The second-order valence-electron chi connectivity index (χ2n) is 3.03. The molecule has 3 nitrogen and oxygen atoms in total. The summed E-state index contributed by atoms with van der Waals surface area (Å²) in [5.41, 5.74) is 0.878. The topological polar surface area (TPSA) is 35.5 Å². The maximum Gasteiger partial charge on any atom is 0.335 e. The smallest absolute Gasteiger partial charge is 0.335 e. The van der Waals surface area contributed by atoms with Crippen LogP contribution in [0.1, 0.15) is 20.3 Å². The maximum atomic E-state index is 11.3. The molecule has 3 heteroatoms. The highest BCUT2D eigenvalue weighted by Gasteiger charge is 2.18. The zero-order chi connectivity index (χ0) is 11.0. The van der Waals surface area contributed by atoms with Crippen molar-refractivity contribution < 1.29 is 14.3 Å². The van der Waals surface area contributed by atoms with E-state index in [0.717, 1.165) is 5.57 Å². The molecule has 14 heavy (non-hydrogen) atoms. The minimum absolute atomic E-state index is 0.339. The molecular weight excluding hydrogens is 180 g/mol. The van der Waals surface area contributed by atoms with Gasteiger partial charge >= 0.3 is 5.97 Å². The van der Waals surface area contributed by atoms with Crippen molar-refractivity contribution in [2.24, 2.45) is 0 Å². The molecule has 0 N–H and O–H groups in total. The third-order valence-corrected chi connectivity index (χ3v) is 1.46. The maximum absolute atomic E-state index is 11.3. The molecule has 0 heterocycles. The average molecular weight is 198 g/mol. The third-order valence-electron chi connectivity index (χ3n) is 1.46. The van der Waals surface area contributed by atoms with Crippen molar-refractivity contribution in [2.75, 3.05) is 13.2 Å². The molecule has 0 aliphatic carbocycles. The Kier molecular flexibility index (Phi) is 6.76. The minimum atomic E-state index is -0.552. The van der Waals surface area contributed by atoms with Crippen LogP contribution in [-0.4, -0.2) is 25.3 Å². The van der Waals surface area contributed by atoms with E-state index in [1.165, 1.54) is 0 Å². The second kappa shape index (κ2) is 7.33. The molecule has 80 valence electrons. The fraction of sp³-hybridized carbons (Fsp3) is 0.545. The lowest BCUT2D eigenvalue weighted by atomic mass is 10.2. The van der Waals surface area contributed by atoms with Crippen LogP contribution < -0.4 is 0 Å². The van der Waals surface area contributed by atoms with Gasteiger partial charge in [-0.3, -0.25) is 0 Å². The van der Waals surface area contributed by atoms with E-state index in [4.69, 9.17) is 9.47 Å². The van der Waals surface area contributed by atoms with Gasteiger partial charge in [-0.2, -0.15) is 0 Å². The molecule has 0 rings (SSSR count). The number of ether oxygens (including phenoxy) is 2. The van der Waals surface area contributed by atoms with E-state index < -0.39 is 6.10 Å². The zero-order valence-corrected chi connectivity index (χ0v) is 8.91. The van der Waals surface area contributed by atoms with Crippen molar-refractivity contribution in [2.45, 2.75) is 26.4 Å². The first-order chi connectivity index (χ1) is 6.61. The summed E-state index contributed by atoms with van der Waals surface area (Å²) in [5, 5.41) is 0. The van der Waals surface area contributed by atoms with Crippen molar-refractivity contribution in [3.8, 4) is 0 Å². The number of hydrogen-bond donors (Lipinski definition) is 0. The Morgan fingerprint density at radius 1 is 1.57 bits per heavy atom. The Bertz CT molecular complexity index is 209. The number of carbonyl (C=O) groups is 1. The molecule has 0 aliphatic heterocycles. The number of rotatable bonds is 7. The van der Waals surface area contributed by atoms with Crippen LogP contribution in [0.5, 0.6) is 0 Å². The minimum Gasteiger partial charge on any atom is -0.464 e. The molecule has 0 saturated heterocycles. The lowest BCUT2D eigenvalue weighted by molar-refractivity contribution is -0.155. The lowest BCUT2D eigenvalue weighted by Gasteiger charge is -2.14. The molecular formula is C11H18O3. The summed E-state index contributed by atoms with van der Waals surface area (Å²) >= 11 is 0. The molecule has 0 spiro atoms. The van der Waals surface area contributed by atoms with Crippen LogP contribution in [0.3, 0.4) is 0 Å². The molecule has 0 bridgehead atoms. The van der Waals surface area contributed by atoms with Gasteiger partial charge in [0.05, 0.1) is 13.2 Å². The second-order valence-corrected chi connectivity index (χ2v) is 3.03. The summed E-state index contributed by atoms with van der Waals surface area (Å²) in [7, 11) is 0. The lowest BCUT2D eigenvalue weighted by Crippen LogP contribution is -2.26. The standard InChI is InChI=1S/C11H18O3/c1-5-7-10(11(12)13-6-2)14-8-9(3)4/h5,10H,1,3,6-8H2,2,4H3. The van der Waals surface area contributed by atoms with Gasteiger partial charge in [0.25, 0.3) is 0 Å². The Hall–Kier alpha value is -1.09. The summed E-state index contributed by atoms with van der Waals surface area (Å²) in [5.74, 6) is -0.339. The van der Waals surface area contributed by atoms with Crippen LogP contribution in [0, 0.1) is 0 Å². The Labute approximate surface area is 85.4 Å². The first-order valence-electron chi connectivity index (χ1n) is 4.65. The van der Waals surface area contributed by atoms with Crippen molar-refractivity contribution in [1.82, 2.24) is 0 Å². The van der Waals surface area contributed by atoms with Crippen LogP contribution in [0.4, 0.5) is 0 Å². The highest BCUT2D eigenvalue weighted by atomic mass is 16.6. The first-order valence-corrected chi connectivity index (χ1v) is 4.65. The Morgan fingerprint density at radius 3 is 2.64 bits per heavy atom. The van der Waals surface area contributed by atoms with Crippen molar-refractivity contribution >= 4 is 5.97 Å². The Morgan fingerprint density at radius 2 is 2.21 bits per heavy atom. The highest BCUT2D eigenvalue weighted by Crippen LogP contribution is 2.04. The average Bonchev–Trinajstić information content (AvgIpc) is 2.12. The monoisotopic (exact) mass is 198 g/mol. The number of carbonyl (C=O) groups excluding carboxylic acids is 1. The molecule has 0 radical (unpaired) electrons. The largest absolute Gasteiger partial charge is 0.464 e. The summed E-state index contributed by atoms with van der Waals surface area (Å²) in [6, 6.07) is 0. The van der Waals surface area contributed by atoms with Gasteiger partial charge in [-0.1, -0.05) is 18.2 Å². The predicted molar refractivity (Wildman–Crippen MR) is 56.0 cm³/mol. The summed E-state index contributed by atoms with van der Waals surface area (Å²) in [6.07, 6.45) is 1.55. The van der Waals surface area contributed by atoms with E-state index in [1.54, 1.807) is 13.0 Å². The van der Waals surface area contributed by atoms with Crippen LogP contribution >= 0.6 is 0 Å². The number of esters is 1. The van der Waals surface area contributed by atoms with Crippen molar-refractivity contribution in [3.63, 3.8) is 0 Å². The van der Waals surface area contributed by atoms with E-state index in [2.05, 4.69) is 13.2 Å². The zero-order valence-electron chi connectivity index (χ0n) is 8.91. The van der Waals surface area contributed by atoms with Crippen LogP contribution in [0.15, 0.2) is 24.8 Å². The molecule has 1 unspecified atom stereocenters. The molecule has 0 saturated carbocycles. The highest BCUT2D eigenvalue weighted by molar-refractivity contribution is 5.74. The van der Waals surface area contributed by atoms with Gasteiger partial charge in [0.1, 0.15) is 0 Å². The van der Waals surface area contributed by atoms with E-state index in [1.807, 2.05) is 6.92 Å². The van der Waals surface area contributed by atoms with Gasteiger partial charge in [-0.15, -0.1) is 6.58 Å². The van der Waals surface area contributed by atoms with Gasteiger partial charge in [0.2, 0.25) is 0 Å². The van der Waals surface area contributed by atoms with Crippen molar-refractivity contribution in [3.05, 3.63) is 24.8 Å².